The van der Waals surface area contributed by atoms with Gasteiger partial charge in [-0.05, 0) is 42.9 Å². The number of anilines is 1. The molecular formula is C17H17NO5. The van der Waals surface area contributed by atoms with Gasteiger partial charge in [-0.15, -0.1) is 0 Å². The smallest absolute Gasteiger partial charge is 0.335 e. The molecule has 0 aliphatic heterocycles. The van der Waals surface area contributed by atoms with Gasteiger partial charge in [0.25, 0.3) is 0 Å². The van der Waals surface area contributed by atoms with Crippen LogP contribution < -0.4 is 5.32 Å². The average Bonchev–Trinajstić information content (AvgIpc) is 2.55. The third kappa shape index (κ3) is 2.84. The maximum atomic E-state index is 12.6. The van der Waals surface area contributed by atoms with Crippen molar-refractivity contribution < 1.29 is 24.6 Å². The minimum atomic E-state index is -1.08. The van der Waals surface area contributed by atoms with Crippen LogP contribution in [-0.4, -0.2) is 28.1 Å². The van der Waals surface area contributed by atoms with Crippen LogP contribution in [0.25, 0.3) is 0 Å². The first-order valence-electron chi connectivity index (χ1n) is 7.52. The van der Waals surface area contributed by atoms with Gasteiger partial charge >= 0.3 is 11.9 Å². The molecule has 0 spiro atoms. The van der Waals surface area contributed by atoms with Gasteiger partial charge in [0.2, 0.25) is 5.91 Å². The number of aromatic carboxylic acids is 1. The van der Waals surface area contributed by atoms with Gasteiger partial charge in [0.1, 0.15) is 0 Å². The normalized spacial score (nSPS) is 28.3. The number of allylic oxidation sites excluding steroid dienone is 2. The second-order valence-corrected chi connectivity index (χ2v) is 6.05. The van der Waals surface area contributed by atoms with Crippen molar-refractivity contribution in [3.63, 3.8) is 0 Å². The second-order valence-electron chi connectivity index (χ2n) is 6.05. The highest BCUT2D eigenvalue weighted by molar-refractivity contribution is 5.97. The van der Waals surface area contributed by atoms with E-state index in [0.29, 0.717) is 5.69 Å². The summed E-state index contributed by atoms with van der Waals surface area (Å²) >= 11 is 0. The van der Waals surface area contributed by atoms with E-state index in [1.54, 1.807) is 12.1 Å². The summed E-state index contributed by atoms with van der Waals surface area (Å²) in [6.45, 7) is 0. The fraction of sp³-hybridized carbons (Fsp3) is 0.353. The van der Waals surface area contributed by atoms with Crippen LogP contribution in [0, 0.1) is 23.7 Å². The first-order chi connectivity index (χ1) is 11.0. The Kier molecular flexibility index (Phi) is 3.90. The van der Waals surface area contributed by atoms with Gasteiger partial charge in [-0.3, -0.25) is 9.59 Å². The van der Waals surface area contributed by atoms with Crippen molar-refractivity contribution in [2.45, 2.75) is 12.8 Å². The Hall–Kier alpha value is -2.63. The number of carbonyl (C=O) groups is 3. The van der Waals surface area contributed by atoms with Crippen LogP contribution in [0.15, 0.2) is 36.4 Å². The highest BCUT2D eigenvalue weighted by Gasteiger charge is 2.48. The summed E-state index contributed by atoms with van der Waals surface area (Å²) in [5.41, 5.74) is 0.437. The van der Waals surface area contributed by atoms with Crippen LogP contribution in [0.3, 0.4) is 0 Å². The van der Waals surface area contributed by atoms with Gasteiger partial charge in [-0.2, -0.15) is 0 Å². The third-order valence-electron chi connectivity index (χ3n) is 4.71. The zero-order chi connectivity index (χ0) is 16.6. The lowest BCUT2D eigenvalue weighted by Gasteiger charge is -2.41. The number of amides is 1. The van der Waals surface area contributed by atoms with E-state index in [4.69, 9.17) is 5.11 Å². The standard InChI is InChI=1S/C17H17NO5/c19-15(18-12-3-1-2-11(8-12)16(20)21)13-9-4-6-10(7-5-9)14(13)17(22)23/h1-4,6,8-10,13-14H,5,7H2,(H,18,19)(H,20,21)(H,22,23). The van der Waals surface area contributed by atoms with Crippen molar-refractivity contribution in [3.05, 3.63) is 42.0 Å². The van der Waals surface area contributed by atoms with Crippen molar-refractivity contribution in [2.24, 2.45) is 23.7 Å². The number of benzene rings is 1. The molecule has 0 heterocycles. The Morgan fingerprint density at radius 1 is 1.00 bits per heavy atom. The highest BCUT2D eigenvalue weighted by atomic mass is 16.4. The molecule has 4 rings (SSSR count). The minimum absolute atomic E-state index is 0.0719. The molecule has 4 atom stereocenters. The summed E-state index contributed by atoms with van der Waals surface area (Å²) in [5, 5.41) is 21.1. The summed E-state index contributed by atoms with van der Waals surface area (Å²) < 4.78 is 0. The number of fused-ring (bicyclic) bond motifs is 2. The van der Waals surface area contributed by atoms with E-state index in [-0.39, 0.29) is 23.3 Å². The first-order valence-corrected chi connectivity index (χ1v) is 7.52. The lowest BCUT2D eigenvalue weighted by Crippen LogP contribution is -2.47. The maximum Gasteiger partial charge on any atom is 0.335 e. The van der Waals surface area contributed by atoms with Gasteiger partial charge in [0.15, 0.2) is 0 Å². The van der Waals surface area contributed by atoms with Gasteiger partial charge in [0, 0.05) is 5.69 Å². The molecule has 0 saturated heterocycles. The van der Waals surface area contributed by atoms with E-state index in [9.17, 15) is 19.5 Å². The number of carbonyl (C=O) groups excluding carboxylic acids is 1. The zero-order valence-corrected chi connectivity index (χ0v) is 12.3. The van der Waals surface area contributed by atoms with E-state index in [1.165, 1.54) is 12.1 Å². The van der Waals surface area contributed by atoms with E-state index in [0.717, 1.165) is 12.8 Å². The average molecular weight is 315 g/mol. The largest absolute Gasteiger partial charge is 0.481 e. The molecule has 0 radical (unpaired) electrons. The van der Waals surface area contributed by atoms with Crippen molar-refractivity contribution in [1.29, 1.82) is 0 Å². The Morgan fingerprint density at radius 2 is 1.65 bits per heavy atom. The third-order valence-corrected chi connectivity index (χ3v) is 4.71. The number of carboxylic acids is 2. The number of aliphatic carboxylic acids is 1. The minimum Gasteiger partial charge on any atom is -0.481 e. The molecule has 1 saturated carbocycles. The topological polar surface area (TPSA) is 104 Å². The number of hydrogen-bond acceptors (Lipinski definition) is 3. The molecule has 23 heavy (non-hydrogen) atoms. The number of hydrogen-bond donors (Lipinski definition) is 3. The summed E-state index contributed by atoms with van der Waals surface area (Å²) in [6.07, 6.45) is 5.43. The predicted molar refractivity (Wildman–Crippen MR) is 82.0 cm³/mol. The van der Waals surface area contributed by atoms with Crippen LogP contribution in [0.4, 0.5) is 5.69 Å². The number of carboxylic acid groups (broad SMARTS) is 2. The van der Waals surface area contributed by atoms with Crippen molar-refractivity contribution in [3.8, 4) is 0 Å². The Balaban J connectivity index is 1.82. The van der Waals surface area contributed by atoms with Gasteiger partial charge in [0.05, 0.1) is 17.4 Å². The quantitative estimate of drug-likeness (QED) is 0.739. The molecule has 1 fully saturated rings. The van der Waals surface area contributed by atoms with E-state index >= 15 is 0 Å². The molecule has 3 aliphatic carbocycles. The van der Waals surface area contributed by atoms with Gasteiger partial charge in [-0.1, -0.05) is 18.2 Å². The Morgan fingerprint density at radius 3 is 2.22 bits per heavy atom. The molecule has 1 amide bonds. The van der Waals surface area contributed by atoms with E-state index in [2.05, 4.69) is 5.32 Å². The SMILES string of the molecule is O=C(O)c1cccc(NC(=O)C2C3C=CC(CC3)C2C(=O)O)c1. The highest BCUT2D eigenvalue weighted by Crippen LogP contribution is 2.45. The molecular weight excluding hydrogens is 298 g/mol. The Labute approximate surface area is 132 Å². The molecule has 6 nitrogen and oxygen atoms in total. The van der Waals surface area contributed by atoms with Crippen molar-refractivity contribution >= 4 is 23.5 Å². The maximum absolute atomic E-state index is 12.6. The fourth-order valence-electron chi connectivity index (χ4n) is 3.64. The van der Waals surface area contributed by atoms with Gasteiger partial charge in [-0.25, -0.2) is 4.79 Å². The number of rotatable bonds is 4. The molecule has 3 N–H and O–H groups in total. The van der Waals surface area contributed by atoms with Crippen LogP contribution in [0.5, 0.6) is 0 Å². The predicted octanol–water partition coefficient (Wildman–Crippen LogP) is 2.24. The molecule has 4 unspecified atom stereocenters. The van der Waals surface area contributed by atoms with Gasteiger partial charge < -0.3 is 15.5 Å². The fourth-order valence-corrected chi connectivity index (χ4v) is 3.64. The lowest BCUT2D eigenvalue weighted by molar-refractivity contribution is -0.151. The Bertz CT molecular complexity index is 696. The van der Waals surface area contributed by atoms with Crippen molar-refractivity contribution in [1.82, 2.24) is 0 Å². The molecule has 0 aromatic heterocycles. The molecule has 120 valence electrons. The van der Waals surface area contributed by atoms with Crippen molar-refractivity contribution in [2.75, 3.05) is 5.32 Å². The summed E-state index contributed by atoms with van der Waals surface area (Å²) in [6, 6.07) is 5.94. The summed E-state index contributed by atoms with van der Waals surface area (Å²) in [5.74, 6) is -3.93. The second kappa shape index (κ2) is 5.87. The van der Waals surface area contributed by atoms with Crippen LogP contribution in [-0.2, 0) is 9.59 Å². The molecule has 6 heteroatoms. The van der Waals surface area contributed by atoms with E-state index < -0.39 is 23.8 Å². The number of nitrogens with one attached hydrogen (secondary N) is 1. The molecule has 3 aliphatic rings. The first kappa shape index (κ1) is 15.3. The molecule has 1 aromatic carbocycles. The summed E-state index contributed by atoms with van der Waals surface area (Å²) in [7, 11) is 0. The molecule has 2 bridgehead atoms. The van der Waals surface area contributed by atoms with Crippen LogP contribution in [0.2, 0.25) is 0 Å². The summed E-state index contributed by atoms with van der Waals surface area (Å²) in [4.78, 5) is 35.1. The zero-order valence-electron chi connectivity index (χ0n) is 12.3. The van der Waals surface area contributed by atoms with Crippen LogP contribution in [0.1, 0.15) is 23.2 Å². The monoisotopic (exact) mass is 315 g/mol. The lowest BCUT2D eigenvalue weighted by atomic mass is 9.62. The van der Waals surface area contributed by atoms with E-state index in [1.807, 2.05) is 12.2 Å². The van der Waals surface area contributed by atoms with Crippen LogP contribution >= 0.6 is 0 Å². The molecule has 1 aromatic rings.